The molecule has 1 N–H and O–H groups in total. The van der Waals surface area contributed by atoms with Crippen molar-refractivity contribution in [1.29, 1.82) is 0 Å². The fraction of sp³-hybridized carbons (Fsp3) is 0.600. The van der Waals surface area contributed by atoms with E-state index in [0.29, 0.717) is 5.92 Å². The molecule has 2 bridgehead atoms. The first-order chi connectivity index (χ1) is 8.40. The van der Waals surface area contributed by atoms with Crippen LogP contribution in [0.5, 0.6) is 0 Å². The van der Waals surface area contributed by atoms with Gasteiger partial charge in [0.25, 0.3) is 0 Å². The number of rotatable bonds is 2. The summed E-state index contributed by atoms with van der Waals surface area (Å²) in [5.41, 5.74) is 2.90. The van der Waals surface area contributed by atoms with Gasteiger partial charge in [-0.25, -0.2) is 0 Å². The number of para-hydroxylation sites is 1. The van der Waals surface area contributed by atoms with Gasteiger partial charge in [0.1, 0.15) is 0 Å². The Hall–Kier alpha value is -1.02. The van der Waals surface area contributed by atoms with Gasteiger partial charge in [-0.3, -0.25) is 4.90 Å². The van der Waals surface area contributed by atoms with Crippen molar-refractivity contribution in [2.24, 2.45) is 5.92 Å². The van der Waals surface area contributed by atoms with Crippen molar-refractivity contribution < 1.29 is 0 Å². The third kappa shape index (κ3) is 1.58. The first-order valence-corrected chi connectivity index (χ1v) is 6.97. The van der Waals surface area contributed by atoms with Crippen molar-refractivity contribution >= 4 is 5.69 Å². The average Bonchev–Trinajstić information content (AvgIpc) is 3.05. The molecule has 0 spiro atoms. The molecule has 1 saturated heterocycles. The second kappa shape index (κ2) is 3.74. The number of nitrogens with one attached hydrogen (secondary N) is 1. The van der Waals surface area contributed by atoms with Gasteiger partial charge in [-0.1, -0.05) is 18.2 Å². The van der Waals surface area contributed by atoms with Crippen molar-refractivity contribution in [3.8, 4) is 0 Å². The molecule has 1 saturated carbocycles. The zero-order valence-electron chi connectivity index (χ0n) is 10.2. The molecule has 2 nitrogen and oxygen atoms in total. The van der Waals surface area contributed by atoms with Crippen LogP contribution in [0.2, 0.25) is 0 Å². The lowest BCUT2D eigenvalue weighted by Crippen LogP contribution is -2.35. The number of piperidine rings is 1. The van der Waals surface area contributed by atoms with Gasteiger partial charge in [0.15, 0.2) is 0 Å². The van der Waals surface area contributed by atoms with Crippen LogP contribution >= 0.6 is 0 Å². The molecule has 3 atom stereocenters. The summed E-state index contributed by atoms with van der Waals surface area (Å²) in [5, 5.41) is 3.54. The molecular weight excluding hydrogens is 208 g/mol. The molecule has 2 aliphatic heterocycles. The first-order valence-electron chi connectivity index (χ1n) is 6.97. The molecule has 1 aromatic carbocycles. The van der Waals surface area contributed by atoms with Crippen molar-refractivity contribution in [1.82, 2.24) is 4.90 Å². The van der Waals surface area contributed by atoms with Crippen LogP contribution < -0.4 is 5.32 Å². The fourth-order valence-corrected chi connectivity index (χ4v) is 4.05. The number of hydrogen-bond donors (Lipinski definition) is 1. The number of nitrogens with zero attached hydrogens (tertiary/aromatic N) is 1. The zero-order chi connectivity index (χ0) is 11.2. The molecule has 0 radical (unpaired) electrons. The van der Waals surface area contributed by atoms with E-state index in [9.17, 15) is 0 Å². The third-order valence-corrected chi connectivity index (χ3v) is 4.92. The Morgan fingerprint density at radius 1 is 1.24 bits per heavy atom. The minimum atomic E-state index is 0.713. The van der Waals surface area contributed by atoms with Gasteiger partial charge >= 0.3 is 0 Å². The monoisotopic (exact) mass is 228 g/mol. The predicted molar refractivity (Wildman–Crippen MR) is 70.4 cm³/mol. The smallest absolute Gasteiger partial charge is 0.0376 e. The first kappa shape index (κ1) is 9.95. The van der Waals surface area contributed by atoms with Gasteiger partial charge < -0.3 is 5.32 Å². The van der Waals surface area contributed by atoms with Crippen LogP contribution in [0.15, 0.2) is 24.3 Å². The SMILES string of the molecule is c1ccc2c(c1)NCC2CN1CC2CCC1C2. The average molecular weight is 228 g/mol. The highest BCUT2D eigenvalue weighted by atomic mass is 15.2. The molecule has 2 heterocycles. The Morgan fingerprint density at radius 3 is 3.00 bits per heavy atom. The molecule has 0 aromatic heterocycles. The minimum absolute atomic E-state index is 0.713. The van der Waals surface area contributed by atoms with Gasteiger partial charge in [-0.05, 0) is 36.8 Å². The molecule has 0 amide bonds. The van der Waals surface area contributed by atoms with Crippen molar-refractivity contribution in [3.05, 3.63) is 29.8 Å². The maximum absolute atomic E-state index is 3.54. The van der Waals surface area contributed by atoms with E-state index < -0.39 is 0 Å². The molecule has 4 rings (SSSR count). The molecular formula is C15H20N2. The topological polar surface area (TPSA) is 15.3 Å². The molecule has 90 valence electrons. The van der Waals surface area contributed by atoms with Gasteiger partial charge in [-0.15, -0.1) is 0 Å². The van der Waals surface area contributed by atoms with Gasteiger partial charge in [0.2, 0.25) is 0 Å². The second-order valence-corrected chi connectivity index (χ2v) is 5.95. The van der Waals surface area contributed by atoms with Gasteiger partial charge in [0, 0.05) is 37.3 Å². The van der Waals surface area contributed by atoms with E-state index in [1.807, 2.05) is 0 Å². The molecule has 2 fully saturated rings. The van der Waals surface area contributed by atoms with Gasteiger partial charge in [0.05, 0.1) is 0 Å². The van der Waals surface area contributed by atoms with Crippen LogP contribution in [0.25, 0.3) is 0 Å². The van der Waals surface area contributed by atoms with Crippen molar-refractivity contribution in [2.75, 3.05) is 25.0 Å². The zero-order valence-corrected chi connectivity index (χ0v) is 10.2. The number of likely N-dealkylation sites (tertiary alicyclic amines) is 1. The maximum atomic E-state index is 3.54. The fourth-order valence-electron chi connectivity index (χ4n) is 4.05. The van der Waals surface area contributed by atoms with Crippen LogP contribution in [0.4, 0.5) is 5.69 Å². The number of fused-ring (bicyclic) bond motifs is 3. The van der Waals surface area contributed by atoms with Crippen molar-refractivity contribution in [2.45, 2.75) is 31.2 Å². The van der Waals surface area contributed by atoms with E-state index >= 15 is 0 Å². The third-order valence-electron chi connectivity index (χ3n) is 4.92. The van der Waals surface area contributed by atoms with E-state index in [-0.39, 0.29) is 0 Å². The molecule has 3 unspecified atom stereocenters. The van der Waals surface area contributed by atoms with E-state index in [1.54, 1.807) is 0 Å². The molecule has 17 heavy (non-hydrogen) atoms. The quantitative estimate of drug-likeness (QED) is 0.837. The van der Waals surface area contributed by atoms with Crippen LogP contribution in [0.3, 0.4) is 0 Å². The Kier molecular flexibility index (Phi) is 2.19. The summed E-state index contributed by atoms with van der Waals surface area (Å²) < 4.78 is 0. The summed E-state index contributed by atoms with van der Waals surface area (Å²) in [6, 6.07) is 9.73. The Labute approximate surface area is 103 Å². The largest absolute Gasteiger partial charge is 0.384 e. The summed E-state index contributed by atoms with van der Waals surface area (Å²) in [6.07, 6.45) is 4.41. The summed E-state index contributed by atoms with van der Waals surface area (Å²) in [5.74, 6) is 1.73. The van der Waals surface area contributed by atoms with Crippen molar-refractivity contribution in [3.63, 3.8) is 0 Å². The minimum Gasteiger partial charge on any atom is -0.384 e. The Bertz CT molecular complexity index is 429. The Morgan fingerprint density at radius 2 is 2.18 bits per heavy atom. The highest BCUT2D eigenvalue weighted by Crippen LogP contribution is 2.40. The second-order valence-electron chi connectivity index (χ2n) is 5.95. The normalized spacial score (nSPS) is 34.9. The summed E-state index contributed by atoms with van der Waals surface area (Å²) in [4.78, 5) is 2.75. The maximum Gasteiger partial charge on any atom is 0.0376 e. The molecule has 1 aromatic rings. The lowest BCUT2D eigenvalue weighted by molar-refractivity contribution is 0.204. The summed E-state index contributed by atoms with van der Waals surface area (Å²) in [7, 11) is 0. The molecule has 2 heteroatoms. The van der Waals surface area contributed by atoms with Crippen LogP contribution in [0, 0.1) is 5.92 Å². The highest BCUT2D eigenvalue weighted by Gasteiger charge is 2.39. The number of anilines is 1. The predicted octanol–water partition coefficient (Wildman–Crippen LogP) is 2.68. The highest BCUT2D eigenvalue weighted by molar-refractivity contribution is 5.57. The van der Waals surface area contributed by atoms with E-state index in [0.717, 1.165) is 18.5 Å². The standard InChI is InChI=1S/C15H20N2/c1-2-4-15-14(3-1)12(8-16-15)10-17-9-11-5-6-13(17)7-11/h1-4,11-13,16H,5-10H2. The summed E-state index contributed by atoms with van der Waals surface area (Å²) in [6.45, 7) is 3.77. The van der Waals surface area contributed by atoms with Crippen LogP contribution in [-0.4, -0.2) is 30.6 Å². The van der Waals surface area contributed by atoms with E-state index in [1.165, 1.54) is 43.6 Å². The van der Waals surface area contributed by atoms with Crippen LogP contribution in [0.1, 0.15) is 30.7 Å². The lowest BCUT2D eigenvalue weighted by Gasteiger charge is -2.29. The van der Waals surface area contributed by atoms with E-state index in [2.05, 4.69) is 34.5 Å². The Balaban J connectivity index is 1.51. The molecule has 1 aliphatic carbocycles. The summed E-state index contributed by atoms with van der Waals surface area (Å²) >= 11 is 0. The molecule has 3 aliphatic rings. The van der Waals surface area contributed by atoms with E-state index in [4.69, 9.17) is 0 Å². The number of benzene rings is 1. The number of hydrogen-bond acceptors (Lipinski definition) is 2. The van der Waals surface area contributed by atoms with Gasteiger partial charge in [-0.2, -0.15) is 0 Å². The lowest BCUT2D eigenvalue weighted by atomic mass is 9.99. The van der Waals surface area contributed by atoms with Crippen LogP contribution in [-0.2, 0) is 0 Å².